The van der Waals surface area contributed by atoms with E-state index in [9.17, 15) is 0 Å². The predicted octanol–water partition coefficient (Wildman–Crippen LogP) is 3.12. The maximum Gasteiger partial charge on any atom is 0.191 e. The van der Waals surface area contributed by atoms with Crippen molar-refractivity contribution in [3.63, 3.8) is 0 Å². The Labute approximate surface area is 117 Å². The second-order valence-corrected chi connectivity index (χ2v) is 20.7. The molecule has 18 heavy (non-hydrogen) atoms. The van der Waals surface area contributed by atoms with Crippen LogP contribution in [0.3, 0.4) is 0 Å². The van der Waals surface area contributed by atoms with Crippen molar-refractivity contribution in [3.8, 4) is 0 Å². The van der Waals surface area contributed by atoms with Crippen LogP contribution in [0.2, 0.25) is 37.3 Å². The van der Waals surface area contributed by atoms with E-state index < -0.39 is 25.2 Å². The Balaban J connectivity index is 3.29. The van der Waals surface area contributed by atoms with Gasteiger partial charge >= 0.3 is 0 Å². The van der Waals surface area contributed by atoms with E-state index in [1.807, 2.05) is 0 Å². The molecule has 0 unspecified atom stereocenters. The van der Waals surface area contributed by atoms with Crippen LogP contribution in [-0.2, 0) is 0 Å². The van der Waals surface area contributed by atoms with Gasteiger partial charge in [0, 0.05) is 0 Å². The summed E-state index contributed by atoms with van der Waals surface area (Å²) in [4.78, 5) is 0. The fraction of sp³-hybridized carbons (Fsp3) is 1.00. The van der Waals surface area contributed by atoms with Crippen LogP contribution in [-0.4, -0.2) is 47.7 Å². The second kappa shape index (κ2) is 5.49. The van der Waals surface area contributed by atoms with Gasteiger partial charge in [-0.25, -0.2) is 0 Å². The molecule has 3 nitrogen and oxygen atoms in total. The van der Waals surface area contributed by atoms with Gasteiger partial charge in [0.25, 0.3) is 0 Å². The summed E-state index contributed by atoms with van der Waals surface area (Å²) in [6.07, 6.45) is 0. The van der Waals surface area contributed by atoms with Crippen LogP contribution in [0.15, 0.2) is 0 Å². The minimum atomic E-state index is -1.42. The Morgan fingerprint density at radius 1 is 0.722 bits per heavy atom. The molecule has 0 bridgehead atoms. The molecule has 0 saturated carbocycles. The van der Waals surface area contributed by atoms with Crippen molar-refractivity contribution in [1.29, 1.82) is 0 Å². The Morgan fingerprint density at radius 2 is 1.00 bits per heavy atom. The maximum absolute atomic E-state index is 4.30. The third kappa shape index (κ3) is 2.20. The SMILES string of the molecule is CC[Si]1(CC)N[Si](CC)(CC)N(C)[Si](C)(C)N1C. The molecule has 0 aromatic rings. The molecule has 108 valence electrons. The molecular weight excluding hydrogens is 270 g/mol. The van der Waals surface area contributed by atoms with Gasteiger partial charge in [-0.15, -0.1) is 0 Å². The summed E-state index contributed by atoms with van der Waals surface area (Å²) in [7, 11) is 0.531. The topological polar surface area (TPSA) is 18.5 Å². The van der Waals surface area contributed by atoms with Gasteiger partial charge in [0.05, 0.1) is 0 Å². The fourth-order valence-electron chi connectivity index (χ4n) is 3.68. The first-order valence-electron chi connectivity index (χ1n) is 7.53. The lowest BCUT2D eigenvalue weighted by molar-refractivity contribution is 0.553. The molecule has 0 aromatic heterocycles. The standard InChI is InChI=1S/C12H33N3Si3/c1-9-17(10-2)13-18(11-3,12-4)15(6)16(7,8)14(17)5/h13H,9-12H2,1-8H3. The van der Waals surface area contributed by atoms with Crippen molar-refractivity contribution in [2.75, 3.05) is 14.1 Å². The van der Waals surface area contributed by atoms with Crippen molar-refractivity contribution < 1.29 is 0 Å². The van der Waals surface area contributed by atoms with E-state index in [0.29, 0.717) is 0 Å². The summed E-state index contributed by atoms with van der Waals surface area (Å²) in [6.45, 7) is 14.7. The Hall–Kier alpha value is 0.531. The van der Waals surface area contributed by atoms with Gasteiger partial charge in [0.2, 0.25) is 0 Å². The highest BCUT2D eigenvalue weighted by molar-refractivity contribution is 7.05. The van der Waals surface area contributed by atoms with E-state index in [1.54, 1.807) is 0 Å². The molecule has 0 amide bonds. The van der Waals surface area contributed by atoms with Crippen LogP contribution in [0.4, 0.5) is 0 Å². The maximum atomic E-state index is 4.30. The third-order valence-corrected chi connectivity index (χ3v) is 25.8. The van der Waals surface area contributed by atoms with Crippen molar-refractivity contribution in [2.24, 2.45) is 0 Å². The number of nitrogens with zero attached hydrogens (tertiary/aromatic N) is 2. The first-order valence-corrected chi connectivity index (χ1v) is 15.1. The molecular formula is C12H33N3Si3. The van der Waals surface area contributed by atoms with E-state index >= 15 is 0 Å². The van der Waals surface area contributed by atoms with Gasteiger partial charge in [-0.2, -0.15) is 0 Å². The molecule has 1 N–H and O–H groups in total. The predicted molar refractivity (Wildman–Crippen MR) is 89.6 cm³/mol. The minimum absolute atomic E-state index is 1.35. The normalized spacial score (nSPS) is 27.3. The summed E-state index contributed by atoms with van der Waals surface area (Å²) < 4.78 is 9.96. The smallest absolute Gasteiger partial charge is 0.191 e. The Morgan fingerprint density at radius 3 is 1.22 bits per heavy atom. The summed E-state index contributed by atoms with van der Waals surface area (Å²) in [6, 6.07) is 5.38. The lowest BCUT2D eigenvalue weighted by Gasteiger charge is -2.63. The summed E-state index contributed by atoms with van der Waals surface area (Å²) in [5.74, 6) is 0. The fourth-order valence-corrected chi connectivity index (χ4v) is 27.1. The molecule has 6 heteroatoms. The van der Waals surface area contributed by atoms with Crippen molar-refractivity contribution in [1.82, 2.24) is 13.1 Å². The van der Waals surface area contributed by atoms with Crippen molar-refractivity contribution in [3.05, 3.63) is 0 Å². The highest BCUT2D eigenvalue weighted by Gasteiger charge is 2.58. The van der Waals surface area contributed by atoms with E-state index in [4.69, 9.17) is 0 Å². The van der Waals surface area contributed by atoms with Crippen LogP contribution < -0.4 is 4.65 Å². The summed E-state index contributed by atoms with van der Waals surface area (Å²) in [5, 5.41) is 0. The number of hydrogen-bond donors (Lipinski definition) is 1. The Bertz CT molecular complexity index is 262. The third-order valence-electron chi connectivity index (χ3n) is 5.73. The van der Waals surface area contributed by atoms with Crippen molar-refractivity contribution in [2.45, 2.75) is 65.0 Å². The summed E-state index contributed by atoms with van der Waals surface area (Å²) >= 11 is 0. The van der Waals surface area contributed by atoms with Gasteiger partial charge in [-0.1, -0.05) is 27.7 Å². The lowest BCUT2D eigenvalue weighted by Crippen LogP contribution is -2.89. The second-order valence-electron chi connectivity index (χ2n) is 6.21. The van der Waals surface area contributed by atoms with Crippen LogP contribution in [0, 0.1) is 0 Å². The van der Waals surface area contributed by atoms with Gasteiger partial charge < -0.3 is 13.1 Å². The zero-order valence-electron chi connectivity index (χ0n) is 13.7. The average Bonchev–Trinajstić information content (AvgIpc) is 2.39. The lowest BCUT2D eigenvalue weighted by atomic mass is 10.9. The molecule has 0 atom stereocenters. The first kappa shape index (κ1) is 16.6. The van der Waals surface area contributed by atoms with E-state index in [-0.39, 0.29) is 0 Å². The molecule has 0 aliphatic carbocycles. The number of rotatable bonds is 4. The monoisotopic (exact) mass is 303 g/mol. The molecule has 0 radical (unpaired) electrons. The van der Waals surface area contributed by atoms with Gasteiger partial charge in [-0.3, -0.25) is 0 Å². The average molecular weight is 304 g/mol. The largest absolute Gasteiger partial charge is 0.335 e. The van der Waals surface area contributed by atoms with Crippen LogP contribution in [0.1, 0.15) is 27.7 Å². The van der Waals surface area contributed by atoms with Crippen molar-refractivity contribution >= 4 is 25.2 Å². The zero-order valence-corrected chi connectivity index (χ0v) is 16.7. The van der Waals surface area contributed by atoms with Crippen LogP contribution in [0.5, 0.6) is 0 Å². The molecule has 0 spiro atoms. The zero-order chi connectivity index (χ0) is 14.2. The highest BCUT2D eigenvalue weighted by Crippen LogP contribution is 2.35. The minimum Gasteiger partial charge on any atom is -0.335 e. The quantitative estimate of drug-likeness (QED) is 0.805. The number of hydrogen-bond acceptors (Lipinski definition) is 3. The molecule has 1 aliphatic heterocycles. The number of nitrogens with one attached hydrogen (secondary N) is 1. The van der Waals surface area contributed by atoms with E-state index in [0.717, 1.165) is 0 Å². The van der Waals surface area contributed by atoms with E-state index in [1.165, 1.54) is 24.2 Å². The molecule has 1 fully saturated rings. The van der Waals surface area contributed by atoms with Gasteiger partial charge in [0.1, 0.15) is 0 Å². The van der Waals surface area contributed by atoms with Crippen LogP contribution >= 0.6 is 0 Å². The molecule has 1 heterocycles. The Kier molecular flexibility index (Phi) is 5.06. The molecule has 1 rings (SSSR count). The molecule has 1 aliphatic rings. The first-order chi connectivity index (χ1) is 8.26. The van der Waals surface area contributed by atoms with Gasteiger partial charge in [-0.05, 0) is 51.4 Å². The highest BCUT2D eigenvalue weighted by atomic mass is 28.5. The van der Waals surface area contributed by atoms with E-state index in [2.05, 4.69) is 68.0 Å². The summed E-state index contributed by atoms with van der Waals surface area (Å²) in [5.41, 5.74) is 0. The molecule has 1 saturated heterocycles. The van der Waals surface area contributed by atoms with Gasteiger partial charge in [0.15, 0.2) is 25.2 Å². The van der Waals surface area contributed by atoms with Crippen LogP contribution in [0.25, 0.3) is 0 Å². The molecule has 0 aromatic carbocycles.